The summed E-state index contributed by atoms with van der Waals surface area (Å²) in [7, 11) is 0. The van der Waals surface area contributed by atoms with Gasteiger partial charge in [0.15, 0.2) is 5.65 Å². The minimum atomic E-state index is -0.137. The Morgan fingerprint density at radius 2 is 1.96 bits per heavy atom. The largest absolute Gasteiger partial charge is 0.466 e. The van der Waals surface area contributed by atoms with Gasteiger partial charge in [0.25, 0.3) is 0 Å². The minimum absolute atomic E-state index is 0.137. The summed E-state index contributed by atoms with van der Waals surface area (Å²) in [5.41, 5.74) is 5.34. The number of hydrogen-bond acceptors (Lipinski definition) is 5. The van der Waals surface area contributed by atoms with Crippen LogP contribution in [-0.2, 0) is 16.0 Å². The van der Waals surface area contributed by atoms with Crippen LogP contribution in [0.25, 0.3) is 5.65 Å². The molecule has 0 N–H and O–H groups in total. The molecule has 0 aliphatic rings. The van der Waals surface area contributed by atoms with E-state index < -0.39 is 0 Å². The lowest BCUT2D eigenvalue weighted by Crippen LogP contribution is -2.07. The molecule has 2 aromatic heterocycles. The van der Waals surface area contributed by atoms with Crippen LogP contribution in [0.15, 0.2) is 41.6 Å². The van der Waals surface area contributed by atoms with Crippen molar-refractivity contribution in [2.75, 3.05) is 12.4 Å². The van der Waals surface area contributed by atoms with Crippen LogP contribution in [0.4, 0.5) is 0 Å². The number of fused-ring (bicyclic) bond motifs is 1. The van der Waals surface area contributed by atoms with Gasteiger partial charge < -0.3 is 4.74 Å². The predicted molar refractivity (Wildman–Crippen MR) is 108 cm³/mol. The maximum absolute atomic E-state index is 11.9. The van der Waals surface area contributed by atoms with E-state index in [0.29, 0.717) is 13.0 Å². The van der Waals surface area contributed by atoms with Crippen LogP contribution in [0.3, 0.4) is 0 Å². The van der Waals surface area contributed by atoms with Crippen LogP contribution in [0, 0.1) is 20.8 Å². The Balaban J connectivity index is 1.35. The highest BCUT2D eigenvalue weighted by Gasteiger charge is 2.07. The number of ether oxygens (including phenoxy) is 1. The molecule has 3 rings (SSSR count). The minimum Gasteiger partial charge on any atom is -0.466 e. The molecule has 2 heterocycles. The zero-order valence-corrected chi connectivity index (χ0v) is 16.9. The molecule has 0 saturated carbocycles. The Hall–Kier alpha value is -2.34. The summed E-state index contributed by atoms with van der Waals surface area (Å²) in [6.07, 6.45) is 5.90. The van der Waals surface area contributed by atoms with Crippen molar-refractivity contribution < 1.29 is 9.53 Å². The molecule has 0 aliphatic carbocycles. The van der Waals surface area contributed by atoms with Crippen molar-refractivity contribution in [1.29, 1.82) is 0 Å². The van der Waals surface area contributed by atoms with Gasteiger partial charge in [0.05, 0.1) is 18.7 Å². The first-order chi connectivity index (χ1) is 13.0. The van der Waals surface area contributed by atoms with Gasteiger partial charge in [-0.25, -0.2) is 9.50 Å². The predicted octanol–water partition coefficient (Wildman–Crippen LogP) is 4.31. The lowest BCUT2D eigenvalue weighted by atomic mass is 10.2. The number of esters is 1. The molecule has 0 unspecified atom stereocenters. The van der Waals surface area contributed by atoms with E-state index in [1.165, 1.54) is 10.5 Å². The fourth-order valence-electron chi connectivity index (χ4n) is 2.75. The summed E-state index contributed by atoms with van der Waals surface area (Å²) in [5, 5.41) is 4.46. The van der Waals surface area contributed by atoms with Crippen LogP contribution in [-0.4, -0.2) is 32.9 Å². The second kappa shape index (κ2) is 9.04. The van der Waals surface area contributed by atoms with Gasteiger partial charge in [-0.3, -0.25) is 4.79 Å². The fourth-order valence-corrected chi connectivity index (χ4v) is 3.58. The molecule has 0 amide bonds. The van der Waals surface area contributed by atoms with Crippen LogP contribution < -0.4 is 0 Å². The van der Waals surface area contributed by atoms with Crippen LogP contribution >= 0.6 is 11.8 Å². The van der Waals surface area contributed by atoms with Crippen molar-refractivity contribution in [3.05, 3.63) is 59.0 Å². The van der Waals surface area contributed by atoms with Crippen molar-refractivity contribution >= 4 is 23.4 Å². The van der Waals surface area contributed by atoms with Gasteiger partial charge in [0, 0.05) is 28.6 Å². The number of carbonyl (C=O) groups is 1. The number of aromatic nitrogens is 3. The molecule has 142 valence electrons. The molecule has 0 aliphatic heterocycles. The summed E-state index contributed by atoms with van der Waals surface area (Å²) in [6.45, 7) is 6.52. The van der Waals surface area contributed by atoms with Crippen molar-refractivity contribution in [3.63, 3.8) is 0 Å². The number of carbonyl (C=O) groups excluding carboxylic acids is 1. The Labute approximate surface area is 164 Å². The summed E-state index contributed by atoms with van der Waals surface area (Å²) in [4.78, 5) is 17.5. The maximum Gasteiger partial charge on any atom is 0.306 e. The van der Waals surface area contributed by atoms with E-state index in [2.05, 4.69) is 41.3 Å². The van der Waals surface area contributed by atoms with Crippen LogP contribution in [0.1, 0.15) is 35.2 Å². The van der Waals surface area contributed by atoms with Gasteiger partial charge in [-0.05, 0) is 51.3 Å². The Bertz CT molecular complexity index is 919. The van der Waals surface area contributed by atoms with Gasteiger partial charge in [-0.2, -0.15) is 5.10 Å². The topological polar surface area (TPSA) is 56.5 Å². The number of nitrogens with zero attached hydrogens (tertiary/aromatic N) is 3. The molecule has 3 aromatic rings. The number of hydrogen-bond donors (Lipinski definition) is 0. The molecule has 0 spiro atoms. The van der Waals surface area contributed by atoms with Crippen LogP contribution in [0.5, 0.6) is 0 Å². The second-order valence-corrected chi connectivity index (χ2v) is 7.84. The quantitative estimate of drug-likeness (QED) is 0.329. The van der Waals surface area contributed by atoms with Gasteiger partial charge in [-0.1, -0.05) is 17.7 Å². The third kappa shape index (κ3) is 5.32. The first kappa shape index (κ1) is 19.4. The fraction of sp³-hybridized carbons (Fsp3) is 0.381. The number of benzene rings is 1. The van der Waals surface area contributed by atoms with Crippen molar-refractivity contribution in [1.82, 2.24) is 14.6 Å². The summed E-state index contributed by atoms with van der Waals surface area (Å²) < 4.78 is 7.16. The Kier molecular flexibility index (Phi) is 6.50. The normalized spacial score (nSPS) is 11.1. The van der Waals surface area contributed by atoms with E-state index in [-0.39, 0.29) is 5.97 Å². The van der Waals surface area contributed by atoms with E-state index in [1.54, 1.807) is 11.8 Å². The van der Waals surface area contributed by atoms with E-state index in [0.717, 1.165) is 41.1 Å². The van der Waals surface area contributed by atoms with E-state index in [4.69, 9.17) is 4.74 Å². The lowest BCUT2D eigenvalue weighted by Gasteiger charge is -2.06. The molecule has 0 bridgehead atoms. The Morgan fingerprint density at radius 1 is 1.19 bits per heavy atom. The van der Waals surface area contributed by atoms with Gasteiger partial charge in [0.2, 0.25) is 0 Å². The number of thioether (sulfide) groups is 1. The van der Waals surface area contributed by atoms with Crippen molar-refractivity contribution in [2.45, 2.75) is 44.9 Å². The number of aryl methyl sites for hydroxylation is 4. The molecular formula is C21H25N3O2S. The van der Waals surface area contributed by atoms with Gasteiger partial charge >= 0.3 is 5.97 Å². The van der Waals surface area contributed by atoms with Gasteiger partial charge in [0.1, 0.15) is 0 Å². The first-order valence-electron chi connectivity index (χ1n) is 9.18. The monoisotopic (exact) mass is 383 g/mol. The molecule has 1 aromatic carbocycles. The highest BCUT2D eigenvalue weighted by Crippen LogP contribution is 2.19. The lowest BCUT2D eigenvalue weighted by molar-refractivity contribution is -0.143. The van der Waals surface area contributed by atoms with E-state index >= 15 is 0 Å². The highest BCUT2D eigenvalue weighted by atomic mass is 32.2. The molecule has 0 fully saturated rings. The smallest absolute Gasteiger partial charge is 0.306 e. The third-order valence-electron chi connectivity index (χ3n) is 4.46. The summed E-state index contributed by atoms with van der Waals surface area (Å²) in [6, 6.07) is 8.33. The highest BCUT2D eigenvalue weighted by molar-refractivity contribution is 7.99. The average molecular weight is 384 g/mol. The molecular weight excluding hydrogens is 358 g/mol. The second-order valence-electron chi connectivity index (χ2n) is 6.68. The molecule has 27 heavy (non-hydrogen) atoms. The van der Waals surface area contributed by atoms with Crippen LogP contribution in [0.2, 0.25) is 0 Å². The molecule has 6 heteroatoms. The number of rotatable bonds is 8. The van der Waals surface area contributed by atoms with Crippen molar-refractivity contribution in [2.24, 2.45) is 0 Å². The third-order valence-corrected chi connectivity index (χ3v) is 5.48. The van der Waals surface area contributed by atoms with Crippen molar-refractivity contribution in [3.8, 4) is 0 Å². The standard InChI is InChI=1S/C21H25N3O2S/c1-15-6-8-19(9-7-15)27-12-10-20(25)26-11-4-5-18-13-22-21-16(2)17(3)23-24(21)14-18/h6-9,13-14H,4-5,10-12H2,1-3H3. The molecule has 0 radical (unpaired) electrons. The Morgan fingerprint density at radius 3 is 2.74 bits per heavy atom. The average Bonchev–Trinajstić information content (AvgIpc) is 2.94. The molecule has 0 saturated heterocycles. The van der Waals surface area contributed by atoms with E-state index in [9.17, 15) is 4.79 Å². The zero-order chi connectivity index (χ0) is 19.2. The zero-order valence-electron chi connectivity index (χ0n) is 16.1. The molecule has 0 atom stereocenters. The molecule has 5 nitrogen and oxygen atoms in total. The van der Waals surface area contributed by atoms with Gasteiger partial charge in [-0.15, -0.1) is 11.8 Å². The SMILES string of the molecule is Cc1ccc(SCCC(=O)OCCCc2cnc3c(C)c(C)nn3c2)cc1. The first-order valence-corrected chi connectivity index (χ1v) is 10.2. The summed E-state index contributed by atoms with van der Waals surface area (Å²) >= 11 is 1.68. The summed E-state index contributed by atoms with van der Waals surface area (Å²) in [5.74, 6) is 0.599. The van der Waals surface area contributed by atoms with E-state index in [1.807, 2.05) is 30.8 Å². The maximum atomic E-state index is 11.9.